The molecular formula is C27H24F2N6O2. The van der Waals surface area contributed by atoms with E-state index in [2.05, 4.69) is 56.9 Å². The molecule has 1 aliphatic heterocycles. The van der Waals surface area contributed by atoms with Crippen molar-refractivity contribution >= 4 is 22.5 Å². The number of ether oxygens (including phenoxy) is 2. The molecule has 37 heavy (non-hydrogen) atoms. The highest BCUT2D eigenvalue weighted by atomic mass is 19.3. The molecular weight excluding hydrogens is 478 g/mol. The summed E-state index contributed by atoms with van der Waals surface area (Å²) in [6, 6.07) is 13.1. The third kappa shape index (κ3) is 3.66. The number of aryl methyl sites for hydroxylation is 1. The molecule has 0 fully saturated rings. The molecule has 0 saturated heterocycles. The monoisotopic (exact) mass is 502 g/mol. The van der Waals surface area contributed by atoms with Gasteiger partial charge >= 0.3 is 6.29 Å². The van der Waals surface area contributed by atoms with Crippen molar-refractivity contribution in [3.8, 4) is 22.9 Å². The molecule has 0 amide bonds. The van der Waals surface area contributed by atoms with Crippen molar-refractivity contribution in [2.24, 2.45) is 0 Å². The lowest BCUT2D eigenvalue weighted by Gasteiger charge is -2.24. The fraction of sp³-hybridized carbons (Fsp3) is 0.296. The predicted octanol–water partition coefficient (Wildman–Crippen LogP) is 5.69. The summed E-state index contributed by atoms with van der Waals surface area (Å²) in [7, 11) is 0. The summed E-state index contributed by atoms with van der Waals surface area (Å²) < 4.78 is 38.1. The summed E-state index contributed by atoms with van der Waals surface area (Å²) in [5.74, 6) is 1.08. The van der Waals surface area contributed by atoms with Gasteiger partial charge in [0.2, 0.25) is 5.95 Å². The average Bonchev–Trinajstić information content (AvgIpc) is 3.55. The Bertz CT molecular complexity index is 1670. The Balaban J connectivity index is 1.28. The van der Waals surface area contributed by atoms with E-state index in [1.54, 1.807) is 10.6 Å². The highest BCUT2D eigenvalue weighted by Gasteiger charge is 2.43. The van der Waals surface area contributed by atoms with Crippen LogP contribution in [0.3, 0.4) is 0 Å². The van der Waals surface area contributed by atoms with E-state index in [0.29, 0.717) is 23.0 Å². The molecule has 7 rings (SSSR count). The van der Waals surface area contributed by atoms with E-state index in [1.165, 1.54) is 28.8 Å². The van der Waals surface area contributed by atoms with Crippen LogP contribution in [0.15, 0.2) is 48.7 Å². The zero-order valence-corrected chi connectivity index (χ0v) is 20.3. The van der Waals surface area contributed by atoms with Crippen LogP contribution in [0, 0.1) is 0 Å². The number of anilines is 1. The molecule has 8 nitrogen and oxygen atoms in total. The SMILES string of the molecule is CC(C)c1cnn2c(N[C@@H]3CCc4[nH]c5ccccc5c4C3)nc(-c3ccc4c(c3)OC(F)(F)O4)nc12. The molecule has 0 spiro atoms. The number of nitrogens with zero attached hydrogens (tertiary/aromatic N) is 4. The number of nitrogens with one attached hydrogen (secondary N) is 2. The molecule has 1 atom stereocenters. The summed E-state index contributed by atoms with van der Waals surface area (Å²) >= 11 is 0. The van der Waals surface area contributed by atoms with Crippen LogP contribution in [-0.4, -0.2) is 36.9 Å². The lowest BCUT2D eigenvalue weighted by atomic mass is 9.91. The van der Waals surface area contributed by atoms with Gasteiger partial charge in [0.25, 0.3) is 0 Å². The van der Waals surface area contributed by atoms with E-state index < -0.39 is 6.29 Å². The number of halogens is 2. The van der Waals surface area contributed by atoms with E-state index in [4.69, 9.17) is 9.97 Å². The smallest absolute Gasteiger partial charge is 0.395 e. The van der Waals surface area contributed by atoms with Crippen molar-refractivity contribution in [1.82, 2.24) is 24.6 Å². The van der Waals surface area contributed by atoms with Crippen LogP contribution in [0.4, 0.5) is 14.7 Å². The molecule has 2 aliphatic rings. The molecule has 0 bridgehead atoms. The van der Waals surface area contributed by atoms with Gasteiger partial charge in [-0.15, -0.1) is 8.78 Å². The van der Waals surface area contributed by atoms with Crippen LogP contribution < -0.4 is 14.8 Å². The highest BCUT2D eigenvalue weighted by Crippen LogP contribution is 2.42. The Morgan fingerprint density at radius 3 is 2.81 bits per heavy atom. The molecule has 2 N–H and O–H groups in total. The maximum Gasteiger partial charge on any atom is 0.586 e. The van der Waals surface area contributed by atoms with Gasteiger partial charge in [-0.25, -0.2) is 4.98 Å². The number of hydrogen-bond acceptors (Lipinski definition) is 6. The normalized spacial score (nSPS) is 18.0. The van der Waals surface area contributed by atoms with Gasteiger partial charge in [0.15, 0.2) is 23.0 Å². The van der Waals surface area contributed by atoms with Gasteiger partial charge in [-0.3, -0.25) is 0 Å². The first-order valence-corrected chi connectivity index (χ1v) is 12.4. The fourth-order valence-electron chi connectivity index (χ4n) is 5.29. The molecule has 188 valence electrons. The molecule has 0 saturated carbocycles. The Morgan fingerprint density at radius 1 is 1.11 bits per heavy atom. The summed E-state index contributed by atoms with van der Waals surface area (Å²) in [6.45, 7) is 4.16. The third-order valence-electron chi connectivity index (χ3n) is 7.11. The van der Waals surface area contributed by atoms with Crippen molar-refractivity contribution in [3.05, 3.63) is 65.5 Å². The largest absolute Gasteiger partial charge is 0.586 e. The topological polar surface area (TPSA) is 89.4 Å². The number of H-pyrrole nitrogens is 1. The van der Waals surface area contributed by atoms with Gasteiger partial charge in [0, 0.05) is 33.8 Å². The van der Waals surface area contributed by atoms with Crippen LogP contribution in [0.2, 0.25) is 0 Å². The first-order chi connectivity index (χ1) is 17.8. The number of aromatic nitrogens is 5. The molecule has 3 aromatic heterocycles. The van der Waals surface area contributed by atoms with Gasteiger partial charge in [-0.2, -0.15) is 14.6 Å². The first-order valence-electron chi connectivity index (χ1n) is 12.4. The van der Waals surface area contributed by atoms with Gasteiger partial charge < -0.3 is 19.8 Å². The van der Waals surface area contributed by atoms with Crippen molar-refractivity contribution in [2.45, 2.75) is 51.4 Å². The number of rotatable bonds is 4. The number of hydrogen-bond donors (Lipinski definition) is 2. The summed E-state index contributed by atoms with van der Waals surface area (Å²) in [4.78, 5) is 13.1. The van der Waals surface area contributed by atoms with E-state index in [9.17, 15) is 8.78 Å². The van der Waals surface area contributed by atoms with Crippen LogP contribution in [0.25, 0.3) is 27.9 Å². The first kappa shape index (κ1) is 22.0. The Hall–Kier alpha value is -4.21. The van der Waals surface area contributed by atoms with E-state index in [-0.39, 0.29) is 23.5 Å². The second kappa shape index (κ2) is 7.89. The minimum absolute atomic E-state index is 0.0165. The summed E-state index contributed by atoms with van der Waals surface area (Å²) in [6.07, 6.45) is 0.824. The van der Waals surface area contributed by atoms with Crippen LogP contribution in [0.1, 0.15) is 43.0 Å². The van der Waals surface area contributed by atoms with E-state index >= 15 is 0 Å². The van der Waals surface area contributed by atoms with Gasteiger partial charge in [-0.05, 0) is 55.0 Å². The maximum atomic E-state index is 13.6. The second-order valence-electron chi connectivity index (χ2n) is 9.90. The predicted molar refractivity (Wildman–Crippen MR) is 134 cm³/mol. The van der Waals surface area contributed by atoms with Crippen molar-refractivity contribution in [3.63, 3.8) is 0 Å². The van der Waals surface area contributed by atoms with Crippen molar-refractivity contribution in [2.75, 3.05) is 5.32 Å². The highest BCUT2D eigenvalue weighted by molar-refractivity contribution is 5.85. The number of benzene rings is 2. The number of alkyl halides is 2. The minimum atomic E-state index is -3.68. The average molecular weight is 503 g/mol. The van der Waals surface area contributed by atoms with Gasteiger partial charge in [0.1, 0.15) is 0 Å². The van der Waals surface area contributed by atoms with E-state index in [1.807, 2.05) is 12.3 Å². The fourth-order valence-corrected chi connectivity index (χ4v) is 5.29. The minimum Gasteiger partial charge on any atom is -0.395 e. The van der Waals surface area contributed by atoms with Gasteiger partial charge in [-0.1, -0.05) is 32.0 Å². The molecule has 1 aliphatic carbocycles. The quantitative estimate of drug-likeness (QED) is 0.328. The van der Waals surface area contributed by atoms with Crippen molar-refractivity contribution < 1.29 is 18.3 Å². The second-order valence-corrected chi connectivity index (χ2v) is 9.90. The Kier molecular flexibility index (Phi) is 4.70. The van der Waals surface area contributed by atoms with E-state index in [0.717, 1.165) is 30.3 Å². The number of fused-ring (bicyclic) bond motifs is 5. The molecule has 0 radical (unpaired) electrons. The molecule has 4 heterocycles. The standard InChI is InChI=1S/C27H24F2N6O2/c1-14(2)19-13-30-35-25(19)33-24(15-7-10-22-23(11-15)37-27(28,29)36-22)34-26(35)31-16-8-9-21-18(12-16)17-5-3-4-6-20(17)32-21/h3-7,10-11,13-14,16,32H,8-9,12H2,1-2H3,(H,31,33,34)/t16-/m1/s1. The maximum absolute atomic E-state index is 13.6. The van der Waals surface area contributed by atoms with Crippen LogP contribution in [-0.2, 0) is 12.8 Å². The lowest BCUT2D eigenvalue weighted by Crippen LogP contribution is -2.29. The molecule has 5 aromatic rings. The third-order valence-corrected chi connectivity index (χ3v) is 7.11. The van der Waals surface area contributed by atoms with Gasteiger partial charge in [0.05, 0.1) is 6.20 Å². The zero-order valence-electron chi connectivity index (χ0n) is 20.3. The molecule has 10 heteroatoms. The summed E-state index contributed by atoms with van der Waals surface area (Å²) in [5, 5.41) is 9.43. The molecule has 0 unspecified atom stereocenters. The number of aromatic amines is 1. The Morgan fingerprint density at radius 2 is 1.95 bits per heavy atom. The van der Waals surface area contributed by atoms with Crippen molar-refractivity contribution in [1.29, 1.82) is 0 Å². The number of para-hydroxylation sites is 1. The Labute approximate surface area is 210 Å². The van der Waals surface area contributed by atoms with Crippen LogP contribution >= 0.6 is 0 Å². The summed E-state index contributed by atoms with van der Waals surface area (Å²) in [5.41, 5.74) is 5.96. The lowest BCUT2D eigenvalue weighted by molar-refractivity contribution is -0.286. The zero-order chi connectivity index (χ0) is 25.3. The molecule has 2 aromatic carbocycles. The van der Waals surface area contributed by atoms with Crippen LogP contribution in [0.5, 0.6) is 11.5 Å².